The van der Waals surface area contributed by atoms with Crippen LogP contribution in [-0.2, 0) is 15.6 Å². The van der Waals surface area contributed by atoms with Crippen molar-refractivity contribution in [2.24, 2.45) is 0 Å². The predicted octanol–water partition coefficient (Wildman–Crippen LogP) is 1.63. The number of carbonyl (C=O) groups is 1. The summed E-state index contributed by atoms with van der Waals surface area (Å²) in [7, 11) is -1.12. The summed E-state index contributed by atoms with van der Waals surface area (Å²) >= 11 is 5.72. The molecule has 0 heterocycles. The van der Waals surface area contributed by atoms with E-state index in [1.54, 1.807) is 25.1 Å². The minimum absolute atomic E-state index is 0.0153. The van der Waals surface area contributed by atoms with Crippen LogP contribution in [0.5, 0.6) is 0 Å². The lowest BCUT2D eigenvalue weighted by Crippen LogP contribution is -2.20. The second-order valence-electron chi connectivity index (χ2n) is 3.15. The molecule has 0 spiro atoms. The minimum Gasteiger partial charge on any atom is -0.397 e. The number of halogens is 1. The third-order valence-corrected chi connectivity index (χ3v) is 3.36. The summed E-state index contributed by atoms with van der Waals surface area (Å²) in [6.45, 7) is 1.76. The molecule has 1 unspecified atom stereocenters. The van der Waals surface area contributed by atoms with Crippen molar-refractivity contribution in [1.82, 2.24) is 0 Å². The van der Waals surface area contributed by atoms with Gasteiger partial charge in [-0.2, -0.15) is 0 Å². The first-order valence-electron chi connectivity index (χ1n) is 4.72. The number of hydrogen-bond acceptors (Lipinski definition) is 3. The van der Waals surface area contributed by atoms with Crippen LogP contribution in [0.25, 0.3) is 0 Å². The van der Waals surface area contributed by atoms with Crippen molar-refractivity contribution in [3.63, 3.8) is 0 Å². The van der Waals surface area contributed by atoms with Crippen molar-refractivity contribution in [2.45, 2.75) is 6.92 Å². The average Bonchev–Trinajstić information content (AvgIpc) is 2.22. The van der Waals surface area contributed by atoms with Crippen molar-refractivity contribution in [3.8, 4) is 0 Å². The zero-order valence-corrected chi connectivity index (χ0v) is 10.4. The summed E-state index contributed by atoms with van der Waals surface area (Å²) in [6, 6.07) is 4.79. The maximum absolute atomic E-state index is 11.4. The van der Waals surface area contributed by atoms with Crippen LogP contribution in [0.4, 0.5) is 11.4 Å². The van der Waals surface area contributed by atoms with Gasteiger partial charge in [0.05, 0.1) is 11.4 Å². The first-order valence-corrected chi connectivity index (χ1v) is 6.59. The molecule has 0 fully saturated rings. The van der Waals surface area contributed by atoms with E-state index in [2.05, 4.69) is 5.32 Å². The van der Waals surface area contributed by atoms with Crippen LogP contribution in [0.1, 0.15) is 6.92 Å². The van der Waals surface area contributed by atoms with Crippen LogP contribution in [0.15, 0.2) is 18.2 Å². The van der Waals surface area contributed by atoms with Crippen molar-refractivity contribution in [2.75, 3.05) is 22.6 Å². The first-order chi connectivity index (χ1) is 7.52. The zero-order valence-electron chi connectivity index (χ0n) is 8.83. The maximum Gasteiger partial charge on any atom is 0.237 e. The molecule has 0 aliphatic rings. The van der Waals surface area contributed by atoms with Crippen molar-refractivity contribution in [3.05, 3.63) is 23.2 Å². The van der Waals surface area contributed by atoms with E-state index in [-0.39, 0.29) is 11.7 Å². The van der Waals surface area contributed by atoms with Gasteiger partial charge in [-0.3, -0.25) is 9.00 Å². The fraction of sp³-hybridized carbons (Fsp3) is 0.300. The molecule has 1 rings (SSSR count). The Morgan fingerprint density at radius 2 is 2.25 bits per heavy atom. The summed E-state index contributed by atoms with van der Waals surface area (Å²) in [4.78, 5) is 11.4. The number of anilines is 2. The number of carbonyl (C=O) groups excluding carboxylic acids is 1. The highest BCUT2D eigenvalue weighted by atomic mass is 35.5. The van der Waals surface area contributed by atoms with E-state index in [9.17, 15) is 9.00 Å². The highest BCUT2D eigenvalue weighted by Gasteiger charge is 2.08. The van der Waals surface area contributed by atoms with E-state index in [4.69, 9.17) is 17.3 Å². The van der Waals surface area contributed by atoms with Crippen molar-refractivity contribution >= 4 is 39.7 Å². The lowest BCUT2D eigenvalue weighted by Gasteiger charge is -2.07. The standard InChI is InChI=1S/C10H13ClN2O2S/c1-2-16(15)6-10(14)13-9-4-3-7(11)5-8(9)12/h3-5H,2,6,12H2,1H3,(H,13,14). The summed E-state index contributed by atoms with van der Waals surface area (Å²) in [5.74, 6) is 0.136. The molecule has 0 bridgehead atoms. The normalized spacial score (nSPS) is 12.1. The summed E-state index contributed by atoms with van der Waals surface area (Å²) < 4.78 is 11.1. The molecule has 0 aromatic heterocycles. The average molecular weight is 261 g/mol. The molecule has 0 saturated carbocycles. The van der Waals surface area contributed by atoms with Gasteiger partial charge in [-0.05, 0) is 18.2 Å². The zero-order chi connectivity index (χ0) is 12.1. The van der Waals surface area contributed by atoms with Gasteiger partial charge in [0.1, 0.15) is 5.75 Å². The van der Waals surface area contributed by atoms with Gasteiger partial charge in [0.25, 0.3) is 0 Å². The molecular weight excluding hydrogens is 248 g/mol. The van der Waals surface area contributed by atoms with E-state index in [1.807, 2.05) is 0 Å². The van der Waals surface area contributed by atoms with E-state index in [1.165, 1.54) is 0 Å². The number of nitrogen functional groups attached to an aromatic ring is 1. The molecule has 1 aromatic carbocycles. The number of hydrogen-bond donors (Lipinski definition) is 2. The molecule has 1 amide bonds. The van der Waals surface area contributed by atoms with Gasteiger partial charge < -0.3 is 11.1 Å². The molecule has 88 valence electrons. The maximum atomic E-state index is 11.4. The van der Waals surface area contributed by atoms with Crippen LogP contribution < -0.4 is 11.1 Å². The second kappa shape index (κ2) is 5.86. The minimum atomic E-state index is -1.12. The summed E-state index contributed by atoms with van der Waals surface area (Å²) in [5, 5.41) is 3.09. The Balaban J connectivity index is 2.66. The second-order valence-corrected chi connectivity index (χ2v) is 5.33. The van der Waals surface area contributed by atoms with Gasteiger partial charge in [0, 0.05) is 21.6 Å². The lowest BCUT2D eigenvalue weighted by atomic mass is 10.2. The van der Waals surface area contributed by atoms with Crippen molar-refractivity contribution < 1.29 is 9.00 Å². The van der Waals surface area contributed by atoms with Crippen LogP contribution in [-0.4, -0.2) is 21.6 Å². The predicted molar refractivity (Wildman–Crippen MR) is 68.0 cm³/mol. The molecule has 0 radical (unpaired) electrons. The Hall–Kier alpha value is -1.07. The smallest absolute Gasteiger partial charge is 0.237 e. The number of nitrogens with one attached hydrogen (secondary N) is 1. The Morgan fingerprint density at radius 3 is 2.81 bits per heavy atom. The molecule has 1 aromatic rings. The summed E-state index contributed by atoms with van der Waals surface area (Å²) in [5.41, 5.74) is 6.54. The molecule has 4 nitrogen and oxygen atoms in total. The SMILES string of the molecule is CCS(=O)CC(=O)Nc1ccc(Cl)cc1N. The topological polar surface area (TPSA) is 72.2 Å². The first kappa shape index (κ1) is 13.0. The Morgan fingerprint density at radius 1 is 1.56 bits per heavy atom. The van der Waals surface area contributed by atoms with E-state index >= 15 is 0 Å². The molecule has 1 atom stereocenters. The molecule has 0 saturated heterocycles. The van der Waals surface area contributed by atoms with Gasteiger partial charge in [-0.25, -0.2) is 0 Å². The lowest BCUT2D eigenvalue weighted by molar-refractivity contribution is -0.113. The van der Waals surface area contributed by atoms with Gasteiger partial charge in [0.2, 0.25) is 5.91 Å². The highest BCUT2D eigenvalue weighted by molar-refractivity contribution is 7.85. The molecule has 6 heteroatoms. The van der Waals surface area contributed by atoms with E-state index in [0.29, 0.717) is 22.2 Å². The van der Waals surface area contributed by atoms with Crippen LogP contribution in [0.2, 0.25) is 5.02 Å². The Kier molecular flexibility index (Phi) is 4.76. The molecule has 0 aliphatic heterocycles. The van der Waals surface area contributed by atoms with Crippen LogP contribution >= 0.6 is 11.6 Å². The fourth-order valence-electron chi connectivity index (χ4n) is 1.08. The van der Waals surface area contributed by atoms with Gasteiger partial charge in [-0.15, -0.1) is 0 Å². The fourth-order valence-corrected chi connectivity index (χ4v) is 1.83. The van der Waals surface area contributed by atoms with E-state index in [0.717, 1.165) is 0 Å². The number of amides is 1. The Labute approximate surface area is 102 Å². The van der Waals surface area contributed by atoms with Crippen LogP contribution in [0, 0.1) is 0 Å². The third kappa shape index (κ3) is 3.83. The quantitative estimate of drug-likeness (QED) is 0.809. The van der Waals surface area contributed by atoms with E-state index < -0.39 is 10.8 Å². The molecular formula is C10H13ClN2O2S. The van der Waals surface area contributed by atoms with Gasteiger partial charge >= 0.3 is 0 Å². The van der Waals surface area contributed by atoms with Gasteiger partial charge in [-0.1, -0.05) is 18.5 Å². The van der Waals surface area contributed by atoms with Gasteiger partial charge in [0.15, 0.2) is 0 Å². The molecule has 16 heavy (non-hydrogen) atoms. The Bertz CT molecular complexity index is 423. The summed E-state index contributed by atoms with van der Waals surface area (Å²) in [6.07, 6.45) is 0. The third-order valence-electron chi connectivity index (χ3n) is 1.90. The molecule has 0 aliphatic carbocycles. The number of benzene rings is 1. The monoisotopic (exact) mass is 260 g/mol. The number of rotatable bonds is 4. The molecule has 3 N–H and O–H groups in total. The largest absolute Gasteiger partial charge is 0.397 e. The van der Waals surface area contributed by atoms with Crippen molar-refractivity contribution in [1.29, 1.82) is 0 Å². The number of nitrogens with two attached hydrogens (primary N) is 1. The van der Waals surface area contributed by atoms with Crippen LogP contribution in [0.3, 0.4) is 0 Å². The highest BCUT2D eigenvalue weighted by Crippen LogP contribution is 2.22.